The normalized spacial score (nSPS) is 39.1. The van der Waals surface area contributed by atoms with Crippen molar-refractivity contribution < 1.29 is 75.9 Å². The van der Waals surface area contributed by atoms with Crippen LogP contribution in [0, 0.1) is 17.8 Å². The van der Waals surface area contributed by atoms with Gasteiger partial charge in [-0.2, -0.15) is 0 Å². The van der Waals surface area contributed by atoms with Crippen LogP contribution in [0.2, 0.25) is 0 Å². The first-order valence-electron chi connectivity index (χ1n) is 34.0. The largest absolute Gasteiger partial charge is 1.00 e. The number of methoxy groups -OCH3 is 1. The molecule has 6 rings (SSSR count). The molecule has 6 fully saturated rings. The average molecular weight is 1230 g/mol. The summed E-state index contributed by atoms with van der Waals surface area (Å²) in [5.74, 6) is -3.16. The minimum absolute atomic E-state index is 0. The quantitative estimate of drug-likeness (QED) is 0.0392. The summed E-state index contributed by atoms with van der Waals surface area (Å²) in [6, 6.07) is -1.21. The Hall–Kier alpha value is -0.780. The van der Waals surface area contributed by atoms with Crippen LogP contribution < -0.4 is 12.4 Å². The lowest BCUT2D eigenvalue weighted by Crippen LogP contribution is -3.00. The molecule has 0 aromatic carbocycles. The zero-order chi connectivity index (χ0) is 60.9. The number of rotatable bonds is 22. The number of halogens is 1. The van der Waals surface area contributed by atoms with Crippen LogP contribution in [0.25, 0.3) is 0 Å². The maximum absolute atomic E-state index is 14.7. The lowest BCUT2D eigenvalue weighted by Gasteiger charge is -2.49. The van der Waals surface area contributed by atoms with Gasteiger partial charge in [0.05, 0.1) is 70.7 Å². The van der Waals surface area contributed by atoms with E-state index < -0.39 is 103 Å². The van der Waals surface area contributed by atoms with Crippen molar-refractivity contribution in [1.29, 1.82) is 0 Å². The minimum atomic E-state index is -1.98. The third kappa shape index (κ3) is 18.7. The van der Waals surface area contributed by atoms with Crippen molar-refractivity contribution in [2.75, 3.05) is 33.9 Å². The van der Waals surface area contributed by atoms with Crippen molar-refractivity contribution in [3.05, 3.63) is 0 Å². The number of aliphatic hydroxyl groups is 5. The van der Waals surface area contributed by atoms with Gasteiger partial charge in [0.2, 0.25) is 5.91 Å². The van der Waals surface area contributed by atoms with Crippen molar-refractivity contribution in [1.82, 2.24) is 9.80 Å². The lowest BCUT2D eigenvalue weighted by atomic mass is 9.77. The number of hydrogen-bond donors (Lipinski definition) is 5. The van der Waals surface area contributed by atoms with Crippen LogP contribution in [0.5, 0.6) is 0 Å². The summed E-state index contributed by atoms with van der Waals surface area (Å²) < 4.78 is 38.4. The molecule has 492 valence electrons. The molecule has 6 aliphatic rings. The molecule has 18 atom stereocenters. The number of likely N-dealkylation sites (N-methyl/N-ethyl adjacent to an activating group) is 1. The van der Waals surface area contributed by atoms with Crippen molar-refractivity contribution in [3.8, 4) is 0 Å². The molecule has 84 heavy (non-hydrogen) atoms. The van der Waals surface area contributed by atoms with Crippen molar-refractivity contribution in [3.63, 3.8) is 0 Å². The summed E-state index contributed by atoms with van der Waals surface area (Å²) in [5, 5.41) is 60.6. The van der Waals surface area contributed by atoms with Gasteiger partial charge in [-0.15, -0.1) is 0 Å². The molecule has 5 N–H and O–H groups in total. The molecular weight excluding hydrogens is 1110 g/mol. The standard InChI is InChI=1S/C67H124N2O13P.ClH/c1-14-55-67(10,76)60(72)49(6)69(56(70)39-31-20-18-16-15-17-19-21-32-40-83(51-33-25-22-26-34-51,52-35-27-23-28-36-52)53-37-29-24-30-38-53)44-45(2)42-65(8,75)62(82-64-58(71)54(68(11)12)41-46(3)78-64)47(4)59(48(5)63(74)80-55)81-57-43-66(9,77-13)61(73)50(7)79-57;/h45-55,57-62,64,71-73,75-76H,14-44H2,1-13H3;1H/q+1;/p-1/t45-,46-,47+,48-,49-,50+,54+,55-,57+,58-,59+,60-,61+,62-,64+,65-,66-,67-;/m1./s1. The van der Waals surface area contributed by atoms with Crippen molar-refractivity contribution >= 4 is 19.1 Å². The van der Waals surface area contributed by atoms with Crippen molar-refractivity contribution in [2.24, 2.45) is 17.8 Å². The molecule has 15 nitrogen and oxygen atoms in total. The van der Waals surface area contributed by atoms with Crippen LogP contribution in [0.1, 0.15) is 255 Å². The number of cyclic esters (lactones) is 1. The van der Waals surface area contributed by atoms with Gasteiger partial charge in [-0.3, -0.25) is 9.59 Å². The second-order valence-electron chi connectivity index (χ2n) is 28.8. The van der Waals surface area contributed by atoms with Gasteiger partial charge in [-0.1, -0.05) is 78.6 Å². The summed E-state index contributed by atoms with van der Waals surface area (Å²) in [7, 11) is 4.28. The number of carbonyl (C=O) groups excluding carboxylic acids is 2. The fraction of sp³-hybridized carbons (Fsp3) is 0.970. The Bertz CT molecular complexity index is 1870. The van der Waals surface area contributed by atoms with Gasteiger partial charge < -0.3 is 76.2 Å². The Morgan fingerprint density at radius 1 is 0.714 bits per heavy atom. The number of nitrogens with zero attached hydrogens (tertiary/aromatic N) is 2. The summed E-state index contributed by atoms with van der Waals surface area (Å²) in [5.41, 5.74) is -1.55. The number of ether oxygens (including phenoxy) is 6. The number of aliphatic hydroxyl groups excluding tert-OH is 3. The third-order valence-corrected chi connectivity index (χ3v) is 28.7. The van der Waals surface area contributed by atoms with E-state index in [0.29, 0.717) is 12.8 Å². The topological polar surface area (TPSA) is 197 Å². The second-order valence-corrected chi connectivity index (χ2v) is 33.4. The first-order chi connectivity index (χ1) is 39.3. The summed E-state index contributed by atoms with van der Waals surface area (Å²) >= 11 is 0. The van der Waals surface area contributed by atoms with E-state index in [4.69, 9.17) is 28.4 Å². The predicted molar refractivity (Wildman–Crippen MR) is 332 cm³/mol. The first kappa shape index (κ1) is 74.0. The van der Waals surface area contributed by atoms with Crippen LogP contribution in [0.15, 0.2) is 0 Å². The molecule has 17 heteroatoms. The van der Waals surface area contributed by atoms with Gasteiger partial charge in [0.15, 0.2) is 12.6 Å². The highest BCUT2D eigenvalue weighted by atomic mass is 35.5. The Morgan fingerprint density at radius 2 is 1.23 bits per heavy atom. The highest BCUT2D eigenvalue weighted by Gasteiger charge is 2.57. The molecule has 3 aliphatic carbocycles. The van der Waals surface area contributed by atoms with Gasteiger partial charge in [-0.05, 0) is 184 Å². The SMILES string of the molecule is CC[C@H]1OC(=O)[C@H](C)[C@@H](O[C@H]2C[C@@](C)(OC)[C@@H](O)[C@H](C)O2)[C@H](C)[C@@H](O[C@@H]2O[C@H](C)C[C@H](N(C)C)[C@H]2O)[C@](C)(O)C[C@@H](C)CN(C(=O)CCCCCCCCCCC[P+](C2CCCCC2)(C2CCCCC2)C2CCCCC2)[C@H](C)[C@@H](O)[C@]1(C)O.[Cl-]. The van der Waals surface area contributed by atoms with Gasteiger partial charge in [-0.25, -0.2) is 0 Å². The number of hydrogen-bond acceptors (Lipinski definition) is 14. The van der Waals surface area contributed by atoms with Crippen LogP contribution in [-0.4, -0.2) is 188 Å². The fourth-order valence-corrected chi connectivity index (χ4v) is 24.6. The zero-order valence-electron chi connectivity index (χ0n) is 55.0. The van der Waals surface area contributed by atoms with Crippen molar-refractivity contribution in [2.45, 2.75) is 363 Å². The lowest BCUT2D eigenvalue weighted by molar-refractivity contribution is -0.318. The van der Waals surface area contributed by atoms with E-state index in [1.165, 1.54) is 142 Å². The fourth-order valence-electron chi connectivity index (χ4n) is 17.0. The molecule has 1 amide bonds. The van der Waals surface area contributed by atoms with Gasteiger partial charge in [0.25, 0.3) is 0 Å². The summed E-state index contributed by atoms with van der Waals surface area (Å²) in [6.07, 6.45) is 25.4. The summed E-state index contributed by atoms with van der Waals surface area (Å²) in [4.78, 5) is 32.9. The van der Waals surface area contributed by atoms with E-state index in [1.807, 2.05) is 39.8 Å². The smallest absolute Gasteiger partial charge is 0.311 e. The Kier molecular flexibility index (Phi) is 30.0. The highest BCUT2D eigenvalue weighted by molar-refractivity contribution is 7.77. The molecule has 3 saturated heterocycles. The summed E-state index contributed by atoms with van der Waals surface area (Å²) in [6.45, 7) is 17.6. The minimum Gasteiger partial charge on any atom is -1.00 e. The molecule has 0 aromatic rings. The average Bonchev–Trinajstić information content (AvgIpc) is 1.42. The van der Waals surface area contributed by atoms with Gasteiger partial charge in [0, 0.05) is 45.7 Å². The monoisotopic (exact) mass is 1230 g/mol. The maximum atomic E-state index is 14.7. The zero-order valence-corrected chi connectivity index (χ0v) is 56.7. The molecular formula is C67H124ClN2O13P. The predicted octanol–water partition coefficient (Wildman–Crippen LogP) is 8.72. The molecule has 0 bridgehead atoms. The molecule has 3 aliphatic heterocycles. The van der Waals surface area contributed by atoms with Crippen LogP contribution in [0.3, 0.4) is 0 Å². The third-order valence-electron chi connectivity index (χ3n) is 21.9. The second kappa shape index (κ2) is 34.0. The van der Waals surface area contributed by atoms with E-state index in [0.717, 1.165) is 36.2 Å². The maximum Gasteiger partial charge on any atom is 0.311 e. The van der Waals surface area contributed by atoms with Gasteiger partial charge >= 0.3 is 5.97 Å². The van der Waals surface area contributed by atoms with E-state index in [1.54, 1.807) is 52.6 Å². The number of amides is 1. The molecule has 0 unspecified atom stereocenters. The van der Waals surface area contributed by atoms with E-state index in [9.17, 15) is 35.1 Å². The number of carbonyl (C=O) groups is 2. The van der Waals surface area contributed by atoms with Crippen LogP contribution in [0.4, 0.5) is 0 Å². The number of esters is 1. The Morgan fingerprint density at radius 3 is 1.73 bits per heavy atom. The Labute approximate surface area is 517 Å². The highest BCUT2D eigenvalue weighted by Crippen LogP contribution is 2.77. The van der Waals surface area contributed by atoms with E-state index in [2.05, 4.69) is 0 Å². The van der Waals surface area contributed by atoms with Gasteiger partial charge in [0.1, 0.15) is 30.0 Å². The molecule has 0 radical (unpaired) electrons. The Balaban J connectivity index is 0.0000129. The molecule has 3 saturated carbocycles. The van der Waals surface area contributed by atoms with Crippen LogP contribution in [-0.2, 0) is 38.0 Å². The van der Waals surface area contributed by atoms with Crippen LogP contribution >= 0.6 is 7.26 Å². The van der Waals surface area contributed by atoms with E-state index >= 15 is 0 Å². The molecule has 0 spiro atoms. The molecule has 0 aromatic heterocycles. The van der Waals surface area contributed by atoms with E-state index in [-0.39, 0.29) is 68.6 Å². The molecule has 3 heterocycles. The number of unbranched alkanes of at least 4 members (excludes halogenated alkanes) is 8. The first-order valence-corrected chi connectivity index (χ1v) is 36.2.